The number of rotatable bonds is 6. The number of hydrogen-bond donors (Lipinski definition) is 1. The van der Waals surface area contributed by atoms with Crippen LogP contribution >= 0.6 is 22.9 Å². The number of aromatic hydroxyl groups is 1. The lowest BCUT2D eigenvalue weighted by Crippen LogP contribution is -2.12. The Bertz CT molecular complexity index is 1130. The van der Waals surface area contributed by atoms with E-state index in [4.69, 9.17) is 16.0 Å². The Balaban J connectivity index is 2.11. The quantitative estimate of drug-likeness (QED) is 0.276. The first kappa shape index (κ1) is 19.6. The molecule has 0 fully saturated rings. The van der Waals surface area contributed by atoms with Gasteiger partial charge in [-0.2, -0.15) is 5.10 Å². The number of furan rings is 1. The lowest BCUT2D eigenvalue weighted by Gasteiger charge is -2.03. The van der Waals surface area contributed by atoms with Gasteiger partial charge in [0, 0.05) is 22.0 Å². The van der Waals surface area contributed by atoms with E-state index in [1.165, 1.54) is 34.6 Å². The van der Waals surface area contributed by atoms with Crippen LogP contribution in [-0.2, 0) is 0 Å². The van der Waals surface area contributed by atoms with E-state index in [0.29, 0.717) is 22.8 Å². The Labute approximate surface area is 168 Å². The highest BCUT2D eigenvalue weighted by Gasteiger charge is 2.18. The third-order valence-electron chi connectivity index (χ3n) is 3.54. The molecular formula is C18H15ClN4O4S. The summed E-state index contributed by atoms with van der Waals surface area (Å²) >= 11 is 7.28. The van der Waals surface area contributed by atoms with Crippen molar-refractivity contribution in [3.63, 3.8) is 0 Å². The molecule has 10 heteroatoms. The molecule has 0 aliphatic carbocycles. The molecule has 0 aliphatic rings. The van der Waals surface area contributed by atoms with Crippen LogP contribution in [0.5, 0.6) is 5.75 Å². The van der Waals surface area contributed by atoms with Crippen molar-refractivity contribution >= 4 is 34.8 Å². The number of nitro groups is 1. The number of benzene rings is 1. The zero-order chi connectivity index (χ0) is 20.3. The van der Waals surface area contributed by atoms with Crippen LogP contribution < -0.4 is 4.80 Å². The van der Waals surface area contributed by atoms with Crippen LogP contribution in [0, 0.1) is 10.1 Å². The number of phenolic OH excluding ortho intramolecular Hbond substituents is 1. The predicted molar refractivity (Wildman–Crippen MR) is 108 cm³/mol. The number of aromatic nitrogens is 1. The van der Waals surface area contributed by atoms with Crippen LogP contribution in [0.1, 0.15) is 12.5 Å². The second-order valence-corrected chi connectivity index (χ2v) is 7.10. The molecule has 0 aliphatic heterocycles. The topological polar surface area (TPSA) is 106 Å². The summed E-state index contributed by atoms with van der Waals surface area (Å²) in [7, 11) is 0. The lowest BCUT2D eigenvalue weighted by atomic mass is 10.2. The number of nitro benzene ring substituents is 1. The van der Waals surface area contributed by atoms with Gasteiger partial charge in [-0.05, 0) is 25.1 Å². The molecule has 2 aromatic heterocycles. The van der Waals surface area contributed by atoms with E-state index in [2.05, 4.69) is 16.7 Å². The van der Waals surface area contributed by atoms with Crippen molar-refractivity contribution in [2.75, 3.05) is 6.54 Å². The van der Waals surface area contributed by atoms with Gasteiger partial charge in [0.1, 0.15) is 5.69 Å². The molecule has 0 spiro atoms. The monoisotopic (exact) mass is 418 g/mol. The maximum atomic E-state index is 11.1. The Kier molecular flexibility index (Phi) is 5.76. The second-order valence-electron chi connectivity index (χ2n) is 5.83. The highest BCUT2D eigenvalue weighted by atomic mass is 35.5. The zero-order valence-corrected chi connectivity index (χ0v) is 16.3. The molecule has 0 atom stereocenters. The van der Waals surface area contributed by atoms with E-state index in [0.717, 1.165) is 11.6 Å². The van der Waals surface area contributed by atoms with Crippen molar-refractivity contribution in [3.8, 4) is 17.2 Å². The lowest BCUT2D eigenvalue weighted by molar-refractivity contribution is -0.385. The van der Waals surface area contributed by atoms with Gasteiger partial charge in [-0.25, -0.2) is 4.68 Å². The third kappa shape index (κ3) is 4.21. The van der Waals surface area contributed by atoms with E-state index in [-0.39, 0.29) is 10.6 Å². The Hall–Kier alpha value is -3.17. The van der Waals surface area contributed by atoms with Gasteiger partial charge in [0.05, 0.1) is 23.9 Å². The third-order valence-corrected chi connectivity index (χ3v) is 4.61. The van der Waals surface area contributed by atoms with Crippen molar-refractivity contribution in [2.24, 2.45) is 10.1 Å². The summed E-state index contributed by atoms with van der Waals surface area (Å²) in [5.41, 5.74) is 1.13. The van der Waals surface area contributed by atoms with Crippen molar-refractivity contribution < 1.29 is 14.4 Å². The molecule has 144 valence electrons. The molecule has 1 aromatic carbocycles. The Morgan fingerprint density at radius 3 is 2.96 bits per heavy atom. The van der Waals surface area contributed by atoms with E-state index >= 15 is 0 Å². The van der Waals surface area contributed by atoms with Crippen LogP contribution in [0.15, 0.2) is 62.6 Å². The summed E-state index contributed by atoms with van der Waals surface area (Å²) in [6, 6.07) is 5.99. The number of nitrogens with zero attached hydrogens (tertiary/aromatic N) is 4. The number of halogens is 1. The highest BCUT2D eigenvalue weighted by molar-refractivity contribution is 7.07. The van der Waals surface area contributed by atoms with Gasteiger partial charge in [-0.15, -0.1) is 11.3 Å². The summed E-state index contributed by atoms with van der Waals surface area (Å²) < 4.78 is 6.96. The van der Waals surface area contributed by atoms with Crippen molar-refractivity contribution in [3.05, 3.63) is 73.6 Å². The first-order valence-electron chi connectivity index (χ1n) is 7.97. The van der Waals surface area contributed by atoms with Crippen LogP contribution in [0.25, 0.3) is 11.5 Å². The molecule has 8 nitrogen and oxygen atoms in total. The molecule has 28 heavy (non-hydrogen) atoms. The predicted octanol–water partition coefficient (Wildman–Crippen LogP) is 4.44. The highest BCUT2D eigenvalue weighted by Crippen LogP contribution is 2.32. The van der Waals surface area contributed by atoms with Crippen molar-refractivity contribution in [2.45, 2.75) is 6.92 Å². The summed E-state index contributed by atoms with van der Waals surface area (Å²) in [6.45, 7) is 6.11. The molecule has 0 saturated carbocycles. The normalized spacial score (nSPS) is 12.0. The Morgan fingerprint density at radius 1 is 1.54 bits per heavy atom. The maximum absolute atomic E-state index is 11.1. The van der Waals surface area contributed by atoms with Gasteiger partial charge in [0.15, 0.2) is 5.76 Å². The minimum Gasteiger partial charge on any atom is -0.502 e. The molecule has 0 amide bonds. The number of phenols is 1. The molecule has 1 N–H and O–H groups in total. The first-order chi connectivity index (χ1) is 13.4. The standard InChI is InChI=1S/C18H15ClN4O4S/c1-11(2)8-20-18-22(15(10-28-18)16-4-3-5-27-16)21-9-12-6-13(19)7-14(17(12)24)23(25)26/h3-7,9-10,24H,1,8H2,2H3/b20-18?,21-9-. The van der Waals surface area contributed by atoms with E-state index < -0.39 is 16.4 Å². The van der Waals surface area contributed by atoms with Gasteiger partial charge >= 0.3 is 5.69 Å². The van der Waals surface area contributed by atoms with Gasteiger partial charge in [0.2, 0.25) is 10.6 Å². The fraction of sp³-hybridized carbons (Fsp3) is 0.111. The fourth-order valence-corrected chi connectivity index (χ4v) is 3.32. The average molecular weight is 419 g/mol. The second kappa shape index (κ2) is 8.24. The Morgan fingerprint density at radius 2 is 2.32 bits per heavy atom. The van der Waals surface area contributed by atoms with Gasteiger partial charge in [0.25, 0.3) is 0 Å². The fourth-order valence-electron chi connectivity index (χ4n) is 2.28. The van der Waals surface area contributed by atoms with Crippen LogP contribution in [0.2, 0.25) is 5.02 Å². The van der Waals surface area contributed by atoms with Crippen LogP contribution in [0.4, 0.5) is 5.69 Å². The molecular weight excluding hydrogens is 404 g/mol. The minimum absolute atomic E-state index is 0.106. The summed E-state index contributed by atoms with van der Waals surface area (Å²) in [6.07, 6.45) is 2.82. The smallest absolute Gasteiger partial charge is 0.312 e. The molecule has 0 bridgehead atoms. The number of thiazole rings is 1. The molecule has 0 unspecified atom stereocenters. The van der Waals surface area contributed by atoms with E-state index in [1.54, 1.807) is 12.1 Å². The van der Waals surface area contributed by atoms with Crippen molar-refractivity contribution in [1.29, 1.82) is 0 Å². The van der Waals surface area contributed by atoms with Crippen LogP contribution in [0.3, 0.4) is 0 Å². The number of hydrogen-bond acceptors (Lipinski definition) is 7. The zero-order valence-electron chi connectivity index (χ0n) is 14.7. The summed E-state index contributed by atoms with van der Waals surface area (Å²) in [5, 5.41) is 27.5. The van der Waals surface area contributed by atoms with E-state index in [9.17, 15) is 15.2 Å². The van der Waals surface area contributed by atoms with Gasteiger partial charge in [-0.1, -0.05) is 23.8 Å². The molecule has 3 aromatic rings. The maximum Gasteiger partial charge on any atom is 0.312 e. The minimum atomic E-state index is -0.710. The van der Waals surface area contributed by atoms with Gasteiger partial charge in [-0.3, -0.25) is 15.1 Å². The van der Waals surface area contributed by atoms with Crippen molar-refractivity contribution in [1.82, 2.24) is 4.68 Å². The molecule has 0 radical (unpaired) electrons. The SMILES string of the molecule is C=C(C)CN=c1scc(-c2ccco2)n1/N=C\c1cc(Cl)cc([N+](=O)[O-])c1O. The summed E-state index contributed by atoms with van der Waals surface area (Å²) in [4.78, 5) is 15.4. The summed E-state index contributed by atoms with van der Waals surface area (Å²) in [5.74, 6) is 0.0559. The van der Waals surface area contributed by atoms with E-state index in [1.807, 2.05) is 12.3 Å². The average Bonchev–Trinajstić information content (AvgIpc) is 3.29. The molecule has 3 rings (SSSR count). The molecule has 2 heterocycles. The largest absolute Gasteiger partial charge is 0.502 e. The van der Waals surface area contributed by atoms with Crippen LogP contribution in [-0.4, -0.2) is 27.5 Å². The van der Waals surface area contributed by atoms with Gasteiger partial charge < -0.3 is 9.52 Å². The first-order valence-corrected chi connectivity index (χ1v) is 9.23. The molecule has 0 saturated heterocycles.